The molecule has 0 saturated carbocycles. The summed E-state index contributed by atoms with van der Waals surface area (Å²) in [6.07, 6.45) is 4.63. The first-order valence-electron chi connectivity index (χ1n) is 8.93. The van der Waals surface area contributed by atoms with Gasteiger partial charge < -0.3 is 31.0 Å². The van der Waals surface area contributed by atoms with Crippen molar-refractivity contribution in [3.8, 4) is 5.75 Å². The molecule has 1 fully saturated rings. The summed E-state index contributed by atoms with van der Waals surface area (Å²) in [5.41, 5.74) is 11.0. The Morgan fingerprint density at radius 2 is 2.00 bits per heavy atom. The summed E-state index contributed by atoms with van der Waals surface area (Å²) in [5.74, 6) is 0.703. The minimum Gasteiger partial charge on any atom is -0.495 e. The molecule has 6 heteroatoms. The lowest BCUT2D eigenvalue weighted by atomic mass is 9.98. The van der Waals surface area contributed by atoms with Gasteiger partial charge in [-0.3, -0.25) is 0 Å². The van der Waals surface area contributed by atoms with E-state index < -0.39 is 0 Å². The van der Waals surface area contributed by atoms with Crippen LogP contribution < -0.4 is 20.7 Å². The lowest BCUT2D eigenvalue weighted by molar-refractivity contribution is 0.249. The van der Waals surface area contributed by atoms with Crippen LogP contribution in [0.2, 0.25) is 0 Å². The van der Waals surface area contributed by atoms with Crippen molar-refractivity contribution >= 4 is 23.2 Å². The van der Waals surface area contributed by atoms with Crippen LogP contribution in [0.1, 0.15) is 24.8 Å². The first-order chi connectivity index (χ1) is 12.1. The molecule has 0 spiro atoms. The second-order valence-corrected chi connectivity index (χ2v) is 6.88. The highest BCUT2D eigenvalue weighted by molar-refractivity contribution is 6.12. The minimum atomic E-state index is 0.506. The molecule has 0 unspecified atom stereocenters. The predicted molar refractivity (Wildman–Crippen MR) is 105 cm³/mol. The zero-order chi connectivity index (χ0) is 18.0. The molecule has 0 aromatic heterocycles. The van der Waals surface area contributed by atoms with Gasteiger partial charge in [0.2, 0.25) is 0 Å². The van der Waals surface area contributed by atoms with E-state index in [9.17, 15) is 0 Å². The van der Waals surface area contributed by atoms with Gasteiger partial charge in [0, 0.05) is 60.9 Å². The number of nitrogens with zero attached hydrogens (tertiary/aromatic N) is 2. The van der Waals surface area contributed by atoms with E-state index in [0.29, 0.717) is 17.5 Å². The van der Waals surface area contributed by atoms with E-state index in [1.807, 2.05) is 19.2 Å². The van der Waals surface area contributed by atoms with Crippen molar-refractivity contribution in [2.24, 2.45) is 0 Å². The molecule has 4 N–H and O–H groups in total. The first-order valence-corrected chi connectivity index (χ1v) is 8.93. The summed E-state index contributed by atoms with van der Waals surface area (Å²) in [4.78, 5) is 4.89. The molecule has 0 amide bonds. The summed E-state index contributed by atoms with van der Waals surface area (Å²) >= 11 is 0. The number of nitrogen functional groups attached to an aromatic ring is 1. The van der Waals surface area contributed by atoms with Crippen molar-refractivity contribution in [1.82, 2.24) is 10.2 Å². The fourth-order valence-electron chi connectivity index (χ4n) is 3.98. The molecule has 1 aromatic rings. The Balaban J connectivity index is 2.09. The number of nitrogens with two attached hydrogens (primary N) is 1. The van der Waals surface area contributed by atoms with Crippen LogP contribution in [0.4, 0.5) is 11.4 Å². The molecule has 136 valence electrons. The molecular weight excluding hydrogens is 314 g/mol. The molecule has 0 bridgehead atoms. The number of benzene rings is 1. The van der Waals surface area contributed by atoms with E-state index in [4.69, 9.17) is 15.9 Å². The SMILES string of the molecule is CNC1=C(C=N)c2cc(N)c(OC)cc2N(C2CCN(C)CC2)CC1. The molecular formula is C19H29N5O. The van der Waals surface area contributed by atoms with Crippen LogP contribution in [0, 0.1) is 5.41 Å². The molecule has 2 heterocycles. The Morgan fingerprint density at radius 1 is 1.28 bits per heavy atom. The number of nitrogens with one attached hydrogen (secondary N) is 2. The Labute approximate surface area is 150 Å². The fourth-order valence-corrected chi connectivity index (χ4v) is 3.98. The summed E-state index contributed by atoms with van der Waals surface area (Å²) in [6, 6.07) is 4.51. The van der Waals surface area contributed by atoms with Gasteiger partial charge in [0.05, 0.1) is 12.8 Å². The van der Waals surface area contributed by atoms with Gasteiger partial charge in [-0.2, -0.15) is 0 Å². The summed E-state index contributed by atoms with van der Waals surface area (Å²) < 4.78 is 5.48. The average molecular weight is 343 g/mol. The highest BCUT2D eigenvalue weighted by Gasteiger charge is 2.29. The van der Waals surface area contributed by atoms with Crippen LogP contribution >= 0.6 is 0 Å². The topological polar surface area (TPSA) is 77.6 Å². The number of piperidine rings is 1. The molecule has 25 heavy (non-hydrogen) atoms. The molecule has 0 radical (unpaired) electrons. The van der Waals surface area contributed by atoms with Crippen LogP contribution in [0.25, 0.3) is 5.57 Å². The number of allylic oxidation sites excluding steroid dienone is 1. The molecule has 2 aliphatic heterocycles. The van der Waals surface area contributed by atoms with E-state index in [1.54, 1.807) is 7.11 Å². The lowest BCUT2D eigenvalue weighted by Crippen LogP contribution is -2.44. The quantitative estimate of drug-likeness (QED) is 0.577. The van der Waals surface area contributed by atoms with Gasteiger partial charge in [-0.25, -0.2) is 0 Å². The maximum atomic E-state index is 7.94. The molecule has 1 saturated heterocycles. The Morgan fingerprint density at radius 3 is 2.60 bits per heavy atom. The molecule has 1 aromatic carbocycles. The zero-order valence-electron chi connectivity index (χ0n) is 15.4. The summed E-state index contributed by atoms with van der Waals surface area (Å²) in [6.45, 7) is 3.17. The van der Waals surface area contributed by atoms with Gasteiger partial charge in [0.15, 0.2) is 0 Å². The van der Waals surface area contributed by atoms with E-state index in [0.717, 1.165) is 61.4 Å². The number of rotatable bonds is 4. The number of anilines is 2. The highest BCUT2D eigenvalue weighted by Crippen LogP contribution is 2.40. The summed E-state index contributed by atoms with van der Waals surface area (Å²) in [7, 11) is 5.77. The van der Waals surface area contributed by atoms with Crippen molar-refractivity contribution in [1.29, 1.82) is 5.41 Å². The number of fused-ring (bicyclic) bond motifs is 1. The smallest absolute Gasteiger partial charge is 0.143 e. The third kappa shape index (κ3) is 3.31. The molecule has 2 aliphatic rings. The van der Waals surface area contributed by atoms with Gasteiger partial charge in [0.25, 0.3) is 0 Å². The summed E-state index contributed by atoms with van der Waals surface area (Å²) in [5, 5.41) is 11.2. The molecule has 0 aliphatic carbocycles. The van der Waals surface area contributed by atoms with Gasteiger partial charge >= 0.3 is 0 Å². The van der Waals surface area contributed by atoms with Crippen LogP contribution in [0.15, 0.2) is 17.8 Å². The van der Waals surface area contributed by atoms with Crippen LogP contribution in [-0.2, 0) is 0 Å². The minimum absolute atomic E-state index is 0.506. The van der Waals surface area contributed by atoms with Crippen molar-refractivity contribution in [2.75, 3.05) is 51.5 Å². The van der Waals surface area contributed by atoms with Crippen molar-refractivity contribution < 1.29 is 4.74 Å². The normalized spacial score (nSPS) is 19.4. The number of hydrogen-bond acceptors (Lipinski definition) is 6. The van der Waals surface area contributed by atoms with Crippen LogP contribution in [0.5, 0.6) is 5.75 Å². The van der Waals surface area contributed by atoms with E-state index in [1.165, 1.54) is 6.21 Å². The molecule has 6 nitrogen and oxygen atoms in total. The Bertz CT molecular complexity index is 677. The van der Waals surface area contributed by atoms with Crippen molar-refractivity contribution in [2.45, 2.75) is 25.3 Å². The Kier molecular flexibility index (Phi) is 5.18. The predicted octanol–water partition coefficient (Wildman–Crippen LogP) is 2.16. The highest BCUT2D eigenvalue weighted by atomic mass is 16.5. The second kappa shape index (κ2) is 7.35. The second-order valence-electron chi connectivity index (χ2n) is 6.88. The standard InChI is InChI=1S/C19H29N5O/c1-22-17-6-9-24(13-4-7-23(2)8-5-13)18-11-19(25-3)16(21)10-14(18)15(17)12-20/h10-13,20,22H,4-9,21H2,1-3H3. The van der Waals surface area contributed by atoms with Gasteiger partial charge in [0.1, 0.15) is 5.75 Å². The third-order valence-corrected chi connectivity index (χ3v) is 5.45. The van der Waals surface area contributed by atoms with E-state index >= 15 is 0 Å². The van der Waals surface area contributed by atoms with Crippen molar-refractivity contribution in [3.63, 3.8) is 0 Å². The number of likely N-dealkylation sites (tertiary alicyclic amines) is 1. The van der Waals surface area contributed by atoms with Crippen molar-refractivity contribution in [3.05, 3.63) is 23.4 Å². The maximum Gasteiger partial charge on any atom is 0.143 e. The fraction of sp³-hybridized carbons (Fsp3) is 0.526. The average Bonchev–Trinajstić information content (AvgIpc) is 2.77. The van der Waals surface area contributed by atoms with Gasteiger partial charge in [-0.05, 0) is 39.0 Å². The maximum absolute atomic E-state index is 7.94. The van der Waals surface area contributed by atoms with Gasteiger partial charge in [-0.15, -0.1) is 0 Å². The Hall–Kier alpha value is -2.21. The lowest BCUT2D eigenvalue weighted by Gasteiger charge is -2.39. The molecule has 0 atom stereocenters. The number of ether oxygens (including phenoxy) is 1. The largest absolute Gasteiger partial charge is 0.495 e. The van der Waals surface area contributed by atoms with E-state index in [-0.39, 0.29) is 0 Å². The van der Waals surface area contributed by atoms with E-state index in [2.05, 4.69) is 22.2 Å². The first kappa shape index (κ1) is 17.6. The third-order valence-electron chi connectivity index (χ3n) is 5.45. The van der Waals surface area contributed by atoms with Crippen LogP contribution in [0.3, 0.4) is 0 Å². The monoisotopic (exact) mass is 343 g/mol. The molecule has 3 rings (SSSR count). The zero-order valence-corrected chi connectivity index (χ0v) is 15.4. The van der Waals surface area contributed by atoms with Gasteiger partial charge in [-0.1, -0.05) is 0 Å². The van der Waals surface area contributed by atoms with Crippen LogP contribution in [-0.4, -0.2) is 58.0 Å². The number of hydrogen-bond donors (Lipinski definition) is 3. The number of methoxy groups -OCH3 is 1.